The highest BCUT2D eigenvalue weighted by atomic mass is 16.5. The lowest BCUT2D eigenvalue weighted by Gasteiger charge is -2.57. The lowest BCUT2D eigenvalue weighted by Crippen LogP contribution is -2.52. The molecule has 0 amide bonds. The summed E-state index contributed by atoms with van der Waals surface area (Å²) in [4.78, 5) is 26.4. The van der Waals surface area contributed by atoms with Crippen LogP contribution >= 0.6 is 0 Å². The van der Waals surface area contributed by atoms with Crippen LogP contribution in [0.1, 0.15) is 189 Å². The first-order chi connectivity index (χ1) is 21.5. The molecule has 0 aromatic rings. The third-order valence-electron chi connectivity index (χ3n) is 11.2. The second kappa shape index (κ2) is 21.0. The van der Waals surface area contributed by atoms with Crippen molar-refractivity contribution >= 4 is 11.9 Å². The molecule has 45 heavy (non-hydrogen) atoms. The first kappa shape index (κ1) is 40.1. The summed E-state index contributed by atoms with van der Waals surface area (Å²) in [6, 6.07) is 0. The zero-order chi connectivity index (χ0) is 33.2. The van der Waals surface area contributed by atoms with Gasteiger partial charge in [-0.25, -0.2) is 0 Å². The maximum atomic E-state index is 13.3. The predicted molar refractivity (Wildman–Crippen MR) is 187 cm³/mol. The highest BCUT2D eigenvalue weighted by Gasteiger charge is 2.54. The van der Waals surface area contributed by atoms with Crippen molar-refractivity contribution in [3.8, 4) is 0 Å². The molecular formula is C40H74O5. The standard InChI is InChI=1S/C40H74O5/c1-7-11-15-19-33(20-16-12-8-2)23-36(42)44-31-39(6)26-35-25-38(5,30-41)28-40(27-35,29-39)32-45-37(43)24-34(21-17-13-9-3)22-18-14-10-4/h33-35,41H,7-32H2,1-6H3. The van der Waals surface area contributed by atoms with Gasteiger partial charge in [0.1, 0.15) is 0 Å². The molecule has 2 fully saturated rings. The van der Waals surface area contributed by atoms with Crippen molar-refractivity contribution in [3.63, 3.8) is 0 Å². The van der Waals surface area contributed by atoms with E-state index >= 15 is 0 Å². The first-order valence-electron chi connectivity index (χ1n) is 19.5. The highest BCUT2D eigenvalue weighted by Crippen LogP contribution is 2.60. The van der Waals surface area contributed by atoms with Crippen molar-refractivity contribution in [2.45, 2.75) is 189 Å². The number of aliphatic hydroxyl groups is 1. The van der Waals surface area contributed by atoms with E-state index in [-0.39, 0.29) is 34.8 Å². The number of carbonyl (C=O) groups is 2. The van der Waals surface area contributed by atoms with Gasteiger partial charge in [0, 0.05) is 30.3 Å². The van der Waals surface area contributed by atoms with Crippen molar-refractivity contribution < 1.29 is 24.2 Å². The SMILES string of the molecule is CCCCCC(CCCCC)CC(=O)OCC1(C)CC2CC(C)(CO)CC(COC(=O)CC(CCCCC)CCCCC)(C2)C1. The maximum Gasteiger partial charge on any atom is 0.306 e. The minimum Gasteiger partial charge on any atom is -0.465 e. The van der Waals surface area contributed by atoms with Gasteiger partial charge >= 0.3 is 11.9 Å². The van der Waals surface area contributed by atoms with Crippen LogP contribution in [0.15, 0.2) is 0 Å². The van der Waals surface area contributed by atoms with Gasteiger partial charge in [-0.3, -0.25) is 9.59 Å². The molecule has 5 heteroatoms. The van der Waals surface area contributed by atoms with Gasteiger partial charge in [-0.15, -0.1) is 0 Å². The van der Waals surface area contributed by atoms with Gasteiger partial charge < -0.3 is 14.6 Å². The Morgan fingerprint density at radius 1 is 0.622 bits per heavy atom. The van der Waals surface area contributed by atoms with Gasteiger partial charge in [-0.1, -0.05) is 119 Å². The molecule has 0 heterocycles. The van der Waals surface area contributed by atoms with Gasteiger partial charge in [-0.2, -0.15) is 0 Å². The molecule has 5 nitrogen and oxygen atoms in total. The summed E-state index contributed by atoms with van der Waals surface area (Å²) in [5.41, 5.74) is -0.455. The third kappa shape index (κ3) is 15.1. The smallest absolute Gasteiger partial charge is 0.306 e. The van der Waals surface area contributed by atoms with Crippen LogP contribution in [0.4, 0.5) is 0 Å². The number of esters is 2. The fourth-order valence-corrected chi connectivity index (χ4v) is 9.28. The van der Waals surface area contributed by atoms with Crippen molar-refractivity contribution in [1.82, 2.24) is 0 Å². The molecule has 0 aliphatic heterocycles. The van der Waals surface area contributed by atoms with Crippen LogP contribution < -0.4 is 0 Å². The van der Waals surface area contributed by atoms with Gasteiger partial charge in [0.2, 0.25) is 0 Å². The molecule has 264 valence electrons. The molecule has 4 unspecified atom stereocenters. The van der Waals surface area contributed by atoms with E-state index in [1.54, 1.807) is 0 Å². The minimum absolute atomic E-state index is 0.0391. The zero-order valence-corrected chi connectivity index (χ0v) is 30.7. The number of ether oxygens (including phenoxy) is 2. The topological polar surface area (TPSA) is 72.8 Å². The van der Waals surface area contributed by atoms with Crippen molar-refractivity contribution in [3.05, 3.63) is 0 Å². The second-order valence-electron chi connectivity index (χ2n) is 16.6. The average Bonchev–Trinajstić information content (AvgIpc) is 2.99. The Labute approximate surface area is 278 Å². The molecule has 0 aromatic heterocycles. The normalized spacial score (nSPS) is 26.4. The Hall–Kier alpha value is -1.10. The number of rotatable bonds is 25. The number of carbonyl (C=O) groups excluding carboxylic acids is 2. The Balaban J connectivity index is 2.04. The molecule has 4 atom stereocenters. The highest BCUT2D eigenvalue weighted by molar-refractivity contribution is 5.70. The Kier molecular flexibility index (Phi) is 18.7. The summed E-state index contributed by atoms with van der Waals surface area (Å²) in [5, 5.41) is 10.4. The molecule has 2 bridgehead atoms. The summed E-state index contributed by atoms with van der Waals surface area (Å²) < 4.78 is 12.3. The first-order valence-corrected chi connectivity index (χ1v) is 19.5. The molecule has 1 N–H and O–H groups in total. The number of unbranched alkanes of at least 4 members (excludes halogenated alkanes) is 8. The van der Waals surface area contributed by atoms with Gasteiger partial charge in [0.25, 0.3) is 0 Å². The Morgan fingerprint density at radius 2 is 1.02 bits per heavy atom. The molecule has 0 spiro atoms. The van der Waals surface area contributed by atoms with E-state index < -0.39 is 0 Å². The van der Waals surface area contributed by atoms with Crippen LogP contribution in [-0.4, -0.2) is 36.9 Å². The Bertz CT molecular complexity index is 806. The molecule has 2 saturated carbocycles. The van der Waals surface area contributed by atoms with E-state index in [0.29, 0.717) is 43.8 Å². The van der Waals surface area contributed by atoms with E-state index in [2.05, 4.69) is 41.5 Å². The summed E-state index contributed by atoms with van der Waals surface area (Å²) in [5.74, 6) is 1.20. The lowest BCUT2D eigenvalue weighted by molar-refractivity contribution is -0.165. The summed E-state index contributed by atoms with van der Waals surface area (Å²) in [6.07, 6.45) is 24.8. The average molecular weight is 635 g/mol. The van der Waals surface area contributed by atoms with E-state index in [4.69, 9.17) is 9.47 Å². The number of hydrogen-bond acceptors (Lipinski definition) is 5. The van der Waals surface area contributed by atoms with Crippen molar-refractivity contribution in [2.24, 2.45) is 34.0 Å². The number of hydrogen-bond donors (Lipinski definition) is 1. The fourth-order valence-electron chi connectivity index (χ4n) is 9.28. The summed E-state index contributed by atoms with van der Waals surface area (Å²) >= 11 is 0. The van der Waals surface area contributed by atoms with E-state index in [0.717, 1.165) is 57.8 Å². The van der Waals surface area contributed by atoms with Crippen LogP contribution in [0.3, 0.4) is 0 Å². The van der Waals surface area contributed by atoms with E-state index in [9.17, 15) is 14.7 Å². The fraction of sp³-hybridized carbons (Fsp3) is 0.950. The quantitative estimate of drug-likeness (QED) is 0.0799. The molecule has 0 aromatic carbocycles. The Morgan fingerprint density at radius 3 is 1.44 bits per heavy atom. The predicted octanol–water partition coefficient (Wildman–Crippen LogP) is 11.0. The van der Waals surface area contributed by atoms with Gasteiger partial charge in [0.15, 0.2) is 0 Å². The second-order valence-corrected chi connectivity index (χ2v) is 16.6. The van der Waals surface area contributed by atoms with Crippen LogP contribution in [0.2, 0.25) is 0 Å². The largest absolute Gasteiger partial charge is 0.465 e. The van der Waals surface area contributed by atoms with E-state index in [1.165, 1.54) is 77.0 Å². The maximum absolute atomic E-state index is 13.3. The van der Waals surface area contributed by atoms with Gasteiger partial charge in [0.05, 0.1) is 13.2 Å². The zero-order valence-electron chi connectivity index (χ0n) is 30.7. The number of aliphatic hydroxyl groups excluding tert-OH is 1. The summed E-state index contributed by atoms with van der Waals surface area (Å²) in [7, 11) is 0. The summed E-state index contributed by atoms with van der Waals surface area (Å²) in [6.45, 7) is 14.5. The van der Waals surface area contributed by atoms with Crippen LogP contribution in [0, 0.1) is 34.0 Å². The monoisotopic (exact) mass is 635 g/mol. The third-order valence-corrected chi connectivity index (χ3v) is 11.2. The number of fused-ring (bicyclic) bond motifs is 2. The minimum atomic E-state index is -0.168. The van der Waals surface area contributed by atoms with Crippen LogP contribution in [-0.2, 0) is 19.1 Å². The molecule has 2 rings (SSSR count). The molecular weight excluding hydrogens is 560 g/mol. The molecule has 2 aliphatic carbocycles. The van der Waals surface area contributed by atoms with Crippen LogP contribution in [0.5, 0.6) is 0 Å². The van der Waals surface area contributed by atoms with Crippen molar-refractivity contribution in [2.75, 3.05) is 19.8 Å². The van der Waals surface area contributed by atoms with Gasteiger partial charge in [-0.05, 0) is 81.0 Å². The van der Waals surface area contributed by atoms with E-state index in [1.807, 2.05) is 0 Å². The molecule has 2 aliphatic rings. The molecule has 0 radical (unpaired) electrons. The lowest BCUT2D eigenvalue weighted by atomic mass is 9.49. The van der Waals surface area contributed by atoms with Crippen molar-refractivity contribution in [1.29, 1.82) is 0 Å². The van der Waals surface area contributed by atoms with Crippen LogP contribution in [0.25, 0.3) is 0 Å². The molecule has 0 saturated heterocycles.